The van der Waals surface area contributed by atoms with E-state index in [1.54, 1.807) is 12.1 Å². The lowest BCUT2D eigenvalue weighted by atomic mass is 9.97. The average molecular weight is 393 g/mol. The number of aromatic nitrogens is 1. The van der Waals surface area contributed by atoms with Gasteiger partial charge < -0.3 is 10.8 Å². The number of nitrogens with two attached hydrogens (primary N) is 1. The maximum absolute atomic E-state index is 13.4. The number of carbonyl (C=O) groups excluding carboxylic acids is 1. The van der Waals surface area contributed by atoms with Crippen LogP contribution >= 0.6 is 0 Å². The second-order valence-corrected chi connectivity index (χ2v) is 7.34. The van der Waals surface area contributed by atoms with Crippen molar-refractivity contribution in [1.29, 1.82) is 0 Å². The standard InChI is InChI=1S/C22H23N3O4/c1-13(2)12-25-20(24(3)22(28)29)18(14-7-5-4-6-8-14)16-10-9-15(19(23)26)11-17(16)21(25)27/h4-11,13H,12H2,1-3H3,(H2,23,26)(H,28,29). The molecule has 3 rings (SSSR count). The second-order valence-electron chi connectivity index (χ2n) is 7.34. The van der Waals surface area contributed by atoms with Crippen molar-refractivity contribution in [2.45, 2.75) is 20.4 Å². The minimum Gasteiger partial charge on any atom is -0.465 e. The van der Waals surface area contributed by atoms with E-state index < -0.39 is 12.0 Å². The summed E-state index contributed by atoms with van der Waals surface area (Å²) in [6.07, 6.45) is -1.17. The first-order valence-corrected chi connectivity index (χ1v) is 9.24. The second kappa shape index (κ2) is 7.79. The minimum atomic E-state index is -1.17. The third-order valence-electron chi connectivity index (χ3n) is 4.74. The summed E-state index contributed by atoms with van der Waals surface area (Å²) in [7, 11) is 1.42. The first kappa shape index (κ1) is 20.1. The molecule has 0 spiro atoms. The summed E-state index contributed by atoms with van der Waals surface area (Å²) in [6.45, 7) is 4.22. The van der Waals surface area contributed by atoms with Gasteiger partial charge in [-0.3, -0.25) is 19.1 Å². The molecule has 1 heterocycles. The molecule has 7 nitrogen and oxygen atoms in total. The molecular formula is C22H23N3O4. The fourth-order valence-corrected chi connectivity index (χ4v) is 3.45. The predicted molar refractivity (Wildman–Crippen MR) is 113 cm³/mol. The van der Waals surface area contributed by atoms with Gasteiger partial charge in [0.05, 0.1) is 0 Å². The minimum absolute atomic E-state index is 0.0917. The van der Waals surface area contributed by atoms with Crippen molar-refractivity contribution in [3.63, 3.8) is 0 Å². The first-order chi connectivity index (χ1) is 13.7. The van der Waals surface area contributed by atoms with Crippen LogP contribution < -0.4 is 16.2 Å². The van der Waals surface area contributed by atoms with Crippen molar-refractivity contribution in [2.24, 2.45) is 11.7 Å². The Kier molecular flexibility index (Phi) is 5.41. The number of pyridine rings is 1. The Labute approximate surface area is 168 Å². The molecule has 1 aromatic heterocycles. The summed E-state index contributed by atoms with van der Waals surface area (Å²) >= 11 is 0. The SMILES string of the molecule is CC(C)Cn1c(N(C)C(=O)O)c(-c2ccccc2)c2ccc(C(N)=O)cc2c1=O. The van der Waals surface area contributed by atoms with E-state index in [9.17, 15) is 19.5 Å². The molecule has 2 amide bonds. The Hall–Kier alpha value is -3.61. The molecule has 2 aromatic carbocycles. The van der Waals surface area contributed by atoms with Crippen LogP contribution in [0.15, 0.2) is 53.3 Å². The fourth-order valence-electron chi connectivity index (χ4n) is 3.45. The highest BCUT2D eigenvalue weighted by Crippen LogP contribution is 2.36. The quantitative estimate of drug-likeness (QED) is 0.691. The number of hydrogen-bond donors (Lipinski definition) is 2. The molecule has 0 atom stereocenters. The Morgan fingerprint density at radius 1 is 1.10 bits per heavy atom. The largest absolute Gasteiger partial charge is 0.465 e. The summed E-state index contributed by atoms with van der Waals surface area (Å²) in [5.74, 6) is -0.245. The van der Waals surface area contributed by atoms with Crippen LogP contribution in [0.25, 0.3) is 21.9 Å². The van der Waals surface area contributed by atoms with Crippen LogP contribution in [0.4, 0.5) is 10.6 Å². The van der Waals surface area contributed by atoms with E-state index in [0.29, 0.717) is 28.7 Å². The molecule has 0 saturated heterocycles. The van der Waals surface area contributed by atoms with Crippen LogP contribution in [-0.2, 0) is 6.54 Å². The van der Waals surface area contributed by atoms with Crippen LogP contribution in [-0.4, -0.2) is 28.7 Å². The van der Waals surface area contributed by atoms with Gasteiger partial charge in [-0.05, 0) is 29.0 Å². The number of carbonyl (C=O) groups is 2. The zero-order valence-electron chi connectivity index (χ0n) is 16.5. The Morgan fingerprint density at radius 3 is 2.31 bits per heavy atom. The molecule has 0 fully saturated rings. The van der Waals surface area contributed by atoms with E-state index in [4.69, 9.17) is 5.73 Å². The van der Waals surface area contributed by atoms with E-state index in [-0.39, 0.29) is 17.0 Å². The van der Waals surface area contributed by atoms with Gasteiger partial charge in [-0.15, -0.1) is 0 Å². The normalized spacial score (nSPS) is 11.0. The Balaban J connectivity index is 2.55. The smallest absolute Gasteiger partial charge is 0.412 e. The topological polar surface area (TPSA) is 106 Å². The third-order valence-corrected chi connectivity index (χ3v) is 4.74. The summed E-state index contributed by atoms with van der Waals surface area (Å²) in [5.41, 5.74) is 6.65. The van der Waals surface area contributed by atoms with Gasteiger partial charge in [-0.2, -0.15) is 0 Å². The van der Waals surface area contributed by atoms with Crippen molar-refractivity contribution < 1.29 is 14.7 Å². The molecule has 0 aliphatic rings. The highest BCUT2D eigenvalue weighted by Gasteiger charge is 2.24. The van der Waals surface area contributed by atoms with Crippen molar-refractivity contribution in [1.82, 2.24) is 4.57 Å². The van der Waals surface area contributed by atoms with E-state index in [1.807, 2.05) is 44.2 Å². The number of hydrogen-bond acceptors (Lipinski definition) is 3. The molecule has 0 aliphatic heterocycles. The maximum Gasteiger partial charge on any atom is 0.412 e. The van der Waals surface area contributed by atoms with Gasteiger partial charge in [0.15, 0.2) is 0 Å². The Bertz CT molecular complexity index is 1150. The van der Waals surface area contributed by atoms with Crippen LogP contribution in [0.5, 0.6) is 0 Å². The van der Waals surface area contributed by atoms with E-state index in [2.05, 4.69) is 0 Å². The lowest BCUT2D eigenvalue weighted by molar-refractivity contribution is 0.100. The van der Waals surface area contributed by atoms with Gasteiger partial charge in [0, 0.05) is 30.1 Å². The Morgan fingerprint density at radius 2 is 1.76 bits per heavy atom. The van der Waals surface area contributed by atoms with Crippen LogP contribution in [0.3, 0.4) is 0 Å². The number of fused-ring (bicyclic) bond motifs is 1. The van der Waals surface area contributed by atoms with Gasteiger partial charge in [-0.1, -0.05) is 50.2 Å². The van der Waals surface area contributed by atoms with E-state index in [1.165, 1.54) is 17.7 Å². The fraction of sp³-hybridized carbons (Fsp3) is 0.227. The molecule has 7 heteroatoms. The molecule has 150 valence electrons. The maximum atomic E-state index is 13.4. The van der Waals surface area contributed by atoms with E-state index in [0.717, 1.165) is 10.5 Å². The summed E-state index contributed by atoms with van der Waals surface area (Å²) < 4.78 is 1.47. The molecule has 0 saturated carbocycles. The highest BCUT2D eigenvalue weighted by atomic mass is 16.4. The molecule has 3 N–H and O–H groups in total. The third kappa shape index (κ3) is 3.71. The van der Waals surface area contributed by atoms with Crippen LogP contribution in [0.1, 0.15) is 24.2 Å². The highest BCUT2D eigenvalue weighted by molar-refractivity contribution is 6.06. The zero-order valence-corrected chi connectivity index (χ0v) is 16.5. The van der Waals surface area contributed by atoms with Crippen molar-refractivity contribution in [3.05, 3.63) is 64.4 Å². The van der Waals surface area contributed by atoms with Crippen LogP contribution in [0, 0.1) is 5.92 Å². The molecule has 0 radical (unpaired) electrons. The lowest BCUT2D eigenvalue weighted by Gasteiger charge is -2.25. The van der Waals surface area contributed by atoms with Crippen LogP contribution in [0.2, 0.25) is 0 Å². The number of anilines is 1. The molecule has 0 aliphatic carbocycles. The van der Waals surface area contributed by atoms with Crippen molar-refractivity contribution in [2.75, 3.05) is 11.9 Å². The molecule has 29 heavy (non-hydrogen) atoms. The number of amides is 2. The van der Waals surface area contributed by atoms with Crippen molar-refractivity contribution >= 4 is 28.6 Å². The van der Waals surface area contributed by atoms with Gasteiger partial charge in [0.1, 0.15) is 5.82 Å². The summed E-state index contributed by atoms with van der Waals surface area (Å²) in [4.78, 5) is 38.0. The number of carboxylic acid groups (broad SMARTS) is 1. The number of benzene rings is 2. The molecule has 0 bridgehead atoms. The zero-order chi connectivity index (χ0) is 21.3. The number of nitrogens with zero attached hydrogens (tertiary/aromatic N) is 2. The molecule has 0 unspecified atom stereocenters. The van der Waals surface area contributed by atoms with Gasteiger partial charge >= 0.3 is 6.09 Å². The first-order valence-electron chi connectivity index (χ1n) is 9.24. The van der Waals surface area contributed by atoms with Gasteiger partial charge in [-0.25, -0.2) is 4.79 Å². The van der Waals surface area contributed by atoms with Gasteiger partial charge in [0.2, 0.25) is 5.91 Å². The average Bonchev–Trinajstić information content (AvgIpc) is 2.69. The monoisotopic (exact) mass is 393 g/mol. The lowest BCUT2D eigenvalue weighted by Crippen LogP contribution is -2.34. The summed E-state index contributed by atoms with van der Waals surface area (Å²) in [5, 5.41) is 10.6. The van der Waals surface area contributed by atoms with E-state index >= 15 is 0 Å². The van der Waals surface area contributed by atoms with Crippen molar-refractivity contribution in [3.8, 4) is 11.1 Å². The number of primary amides is 1. The molecular weight excluding hydrogens is 370 g/mol. The number of rotatable bonds is 5. The molecule has 3 aromatic rings. The van der Waals surface area contributed by atoms with Gasteiger partial charge in [0.25, 0.3) is 5.56 Å². The summed E-state index contributed by atoms with van der Waals surface area (Å²) in [6, 6.07) is 14.0. The predicted octanol–water partition coefficient (Wildman–Crippen LogP) is 3.54.